The number of carbonyl (C=O) groups excluding carboxylic acids is 2. The van der Waals surface area contributed by atoms with Gasteiger partial charge in [0.25, 0.3) is 5.91 Å². The molecule has 0 bridgehead atoms. The molecule has 0 spiro atoms. The lowest BCUT2D eigenvalue weighted by Crippen LogP contribution is -2.49. The Hall–Kier alpha value is -3.38. The second-order valence-corrected chi connectivity index (χ2v) is 7.72. The van der Waals surface area contributed by atoms with Crippen LogP contribution in [0.15, 0.2) is 72.8 Å². The zero-order chi connectivity index (χ0) is 21.8. The number of amides is 3. The lowest BCUT2D eigenvalue weighted by Gasteiger charge is -2.36. The summed E-state index contributed by atoms with van der Waals surface area (Å²) in [7, 11) is 0. The topological polar surface area (TPSA) is 52.7 Å². The van der Waals surface area contributed by atoms with E-state index in [1.807, 2.05) is 30.3 Å². The van der Waals surface area contributed by atoms with Crippen molar-refractivity contribution < 1.29 is 14.0 Å². The fourth-order valence-corrected chi connectivity index (χ4v) is 3.78. The van der Waals surface area contributed by atoms with Gasteiger partial charge < -0.3 is 10.2 Å². The van der Waals surface area contributed by atoms with Gasteiger partial charge in [0.15, 0.2) is 0 Å². The molecule has 4 rings (SSSR count). The monoisotopic (exact) mass is 437 g/mol. The summed E-state index contributed by atoms with van der Waals surface area (Å²) in [6, 6.07) is 20.0. The molecule has 0 saturated carbocycles. The molecule has 0 aromatic heterocycles. The highest BCUT2D eigenvalue weighted by atomic mass is 35.5. The smallest absolute Gasteiger partial charge is 0.322 e. The quantitative estimate of drug-likeness (QED) is 0.567. The van der Waals surface area contributed by atoms with E-state index in [4.69, 9.17) is 11.6 Å². The Labute approximate surface area is 185 Å². The number of hydrogen-bond donors (Lipinski definition) is 1. The minimum atomic E-state index is -0.473. The Morgan fingerprint density at radius 3 is 2.61 bits per heavy atom. The molecule has 0 aliphatic carbocycles. The Kier molecular flexibility index (Phi) is 6.18. The summed E-state index contributed by atoms with van der Waals surface area (Å²) in [5.74, 6) is -0.888. The minimum absolute atomic E-state index is 0.111. The molecular weight excluding hydrogens is 417 g/mol. The van der Waals surface area contributed by atoms with E-state index < -0.39 is 11.7 Å². The first kappa shape index (κ1) is 20.9. The predicted octanol–water partition coefficient (Wildman–Crippen LogP) is 5.56. The van der Waals surface area contributed by atoms with Crippen LogP contribution in [0.5, 0.6) is 0 Å². The van der Waals surface area contributed by atoms with E-state index in [-0.39, 0.29) is 11.6 Å². The molecule has 3 amide bonds. The van der Waals surface area contributed by atoms with Gasteiger partial charge in [-0.3, -0.25) is 9.69 Å². The summed E-state index contributed by atoms with van der Waals surface area (Å²) >= 11 is 6.26. The van der Waals surface area contributed by atoms with Crippen molar-refractivity contribution in [1.82, 2.24) is 4.90 Å². The molecule has 3 aromatic carbocycles. The number of urea groups is 1. The van der Waals surface area contributed by atoms with Gasteiger partial charge in [0.2, 0.25) is 0 Å². The Balaban J connectivity index is 1.49. The molecule has 0 radical (unpaired) electrons. The van der Waals surface area contributed by atoms with Gasteiger partial charge in [-0.1, -0.05) is 41.9 Å². The van der Waals surface area contributed by atoms with Crippen molar-refractivity contribution >= 4 is 34.9 Å². The van der Waals surface area contributed by atoms with Gasteiger partial charge in [0.05, 0.1) is 0 Å². The van der Waals surface area contributed by atoms with Gasteiger partial charge in [-0.15, -0.1) is 0 Å². The normalized spacial score (nSPS) is 13.9. The third-order valence-corrected chi connectivity index (χ3v) is 5.50. The first-order valence-corrected chi connectivity index (χ1v) is 10.4. The van der Waals surface area contributed by atoms with E-state index in [1.54, 1.807) is 34.1 Å². The van der Waals surface area contributed by atoms with Gasteiger partial charge in [-0.05, 0) is 54.4 Å². The third-order valence-electron chi connectivity index (χ3n) is 5.13. The van der Waals surface area contributed by atoms with E-state index in [2.05, 4.69) is 5.32 Å². The van der Waals surface area contributed by atoms with Crippen molar-refractivity contribution in [3.8, 4) is 0 Å². The van der Waals surface area contributed by atoms with Crippen LogP contribution in [0, 0.1) is 5.82 Å². The number of anilines is 2. The molecule has 3 aromatic rings. The van der Waals surface area contributed by atoms with Gasteiger partial charge in [-0.25, -0.2) is 9.18 Å². The fourth-order valence-electron chi connectivity index (χ4n) is 3.58. The van der Waals surface area contributed by atoms with Gasteiger partial charge in [0.1, 0.15) is 5.82 Å². The highest BCUT2D eigenvalue weighted by molar-refractivity contribution is 6.31. The molecule has 1 heterocycles. The predicted molar refractivity (Wildman–Crippen MR) is 120 cm³/mol. The Morgan fingerprint density at radius 1 is 1.00 bits per heavy atom. The zero-order valence-electron chi connectivity index (χ0n) is 16.7. The Morgan fingerprint density at radius 2 is 1.81 bits per heavy atom. The Bertz CT molecular complexity index is 1120. The molecular formula is C24H21ClFN3O2. The van der Waals surface area contributed by atoms with Crippen molar-refractivity contribution in [3.63, 3.8) is 0 Å². The van der Waals surface area contributed by atoms with Crippen LogP contribution >= 0.6 is 11.6 Å². The van der Waals surface area contributed by atoms with Crippen LogP contribution in [0.25, 0.3) is 0 Å². The molecule has 1 aliphatic rings. The van der Waals surface area contributed by atoms with Crippen LogP contribution in [0.1, 0.15) is 22.3 Å². The number of benzene rings is 3. The summed E-state index contributed by atoms with van der Waals surface area (Å²) < 4.78 is 13.4. The summed E-state index contributed by atoms with van der Waals surface area (Å²) in [6.07, 6.45) is 0.816. The van der Waals surface area contributed by atoms with Crippen LogP contribution in [-0.2, 0) is 6.54 Å². The van der Waals surface area contributed by atoms with Crippen LogP contribution in [0.3, 0.4) is 0 Å². The highest BCUT2D eigenvalue weighted by Gasteiger charge is 2.27. The summed E-state index contributed by atoms with van der Waals surface area (Å²) in [5.41, 5.74) is 2.34. The van der Waals surface area contributed by atoms with Crippen LogP contribution in [0.4, 0.5) is 20.6 Å². The highest BCUT2D eigenvalue weighted by Crippen LogP contribution is 2.26. The zero-order valence-corrected chi connectivity index (χ0v) is 17.5. The van der Waals surface area contributed by atoms with E-state index in [1.165, 1.54) is 18.2 Å². The van der Waals surface area contributed by atoms with Crippen molar-refractivity contribution in [3.05, 3.63) is 94.8 Å². The molecule has 7 heteroatoms. The van der Waals surface area contributed by atoms with Crippen molar-refractivity contribution in [1.29, 1.82) is 0 Å². The molecule has 158 valence electrons. The SMILES string of the molecule is O=C(Nc1cccc(N2CCCN(Cc3ccccc3Cl)C2=O)c1)c1cccc(F)c1. The molecule has 1 aliphatic heterocycles. The van der Waals surface area contributed by atoms with Crippen LogP contribution < -0.4 is 10.2 Å². The standard InChI is InChI=1S/C24H21ClFN3O2/c25-22-11-2-1-6-18(22)16-28-12-5-13-29(24(28)31)21-10-4-9-20(15-21)27-23(30)17-7-3-8-19(26)14-17/h1-4,6-11,14-15H,5,12-13,16H2,(H,27,30). The van der Waals surface area contributed by atoms with Crippen molar-refractivity contribution in [2.45, 2.75) is 13.0 Å². The molecule has 0 unspecified atom stereocenters. The van der Waals surface area contributed by atoms with E-state index >= 15 is 0 Å². The number of halogens is 2. The molecule has 31 heavy (non-hydrogen) atoms. The third kappa shape index (κ3) is 4.86. The average Bonchev–Trinajstić information content (AvgIpc) is 2.77. The number of nitrogens with zero attached hydrogens (tertiary/aromatic N) is 2. The maximum atomic E-state index is 13.4. The molecule has 1 fully saturated rings. The largest absolute Gasteiger partial charge is 0.324 e. The first-order valence-electron chi connectivity index (χ1n) is 9.98. The maximum Gasteiger partial charge on any atom is 0.324 e. The van der Waals surface area contributed by atoms with Crippen molar-refractivity contribution in [2.75, 3.05) is 23.3 Å². The minimum Gasteiger partial charge on any atom is -0.322 e. The summed E-state index contributed by atoms with van der Waals surface area (Å²) in [4.78, 5) is 29.0. The van der Waals surface area contributed by atoms with E-state index in [0.29, 0.717) is 36.0 Å². The number of hydrogen-bond acceptors (Lipinski definition) is 2. The molecule has 1 N–H and O–H groups in total. The fraction of sp³-hybridized carbons (Fsp3) is 0.167. The molecule has 1 saturated heterocycles. The van der Waals surface area contributed by atoms with Gasteiger partial charge in [0, 0.05) is 41.6 Å². The molecule has 5 nitrogen and oxygen atoms in total. The maximum absolute atomic E-state index is 13.4. The number of nitrogens with one attached hydrogen (secondary N) is 1. The summed E-state index contributed by atoms with van der Waals surface area (Å²) in [5, 5.41) is 3.40. The lowest BCUT2D eigenvalue weighted by atomic mass is 10.1. The first-order chi connectivity index (χ1) is 15.0. The van der Waals surface area contributed by atoms with Crippen LogP contribution in [0.2, 0.25) is 5.02 Å². The second-order valence-electron chi connectivity index (χ2n) is 7.32. The molecule has 0 atom stereocenters. The average molecular weight is 438 g/mol. The number of carbonyl (C=O) groups is 2. The van der Waals surface area contributed by atoms with Gasteiger partial charge >= 0.3 is 6.03 Å². The van der Waals surface area contributed by atoms with E-state index in [9.17, 15) is 14.0 Å². The van der Waals surface area contributed by atoms with E-state index in [0.717, 1.165) is 12.0 Å². The number of rotatable bonds is 5. The van der Waals surface area contributed by atoms with Crippen molar-refractivity contribution in [2.24, 2.45) is 0 Å². The lowest BCUT2D eigenvalue weighted by molar-refractivity contribution is 0.102. The van der Waals surface area contributed by atoms with Gasteiger partial charge in [-0.2, -0.15) is 0 Å². The van der Waals surface area contributed by atoms with Crippen LogP contribution in [-0.4, -0.2) is 29.9 Å². The summed E-state index contributed by atoms with van der Waals surface area (Å²) in [6.45, 7) is 1.67. The second kappa shape index (κ2) is 9.18.